The fraction of sp³-hybridized carbons (Fsp3) is 0.250. The van der Waals surface area contributed by atoms with Crippen molar-refractivity contribution in [1.29, 1.82) is 0 Å². The zero-order valence-electron chi connectivity index (χ0n) is 19.7. The van der Waals surface area contributed by atoms with Gasteiger partial charge in [-0.05, 0) is 54.3 Å². The Morgan fingerprint density at radius 3 is 2.33 bits per heavy atom. The monoisotopic (exact) mass is 499 g/mol. The van der Waals surface area contributed by atoms with Crippen molar-refractivity contribution in [3.05, 3.63) is 94.1 Å². The summed E-state index contributed by atoms with van der Waals surface area (Å²) in [6.07, 6.45) is 1.19. The number of nitrogens with one attached hydrogen (secondary N) is 1. The third-order valence-corrected chi connectivity index (χ3v) is 7.89. The highest BCUT2D eigenvalue weighted by molar-refractivity contribution is 7.10. The lowest BCUT2D eigenvalue weighted by Gasteiger charge is -2.36. The van der Waals surface area contributed by atoms with Crippen LogP contribution < -0.4 is 15.1 Å². The molecule has 0 radical (unpaired) electrons. The van der Waals surface area contributed by atoms with Crippen molar-refractivity contribution in [3.8, 4) is 0 Å². The molecule has 2 aliphatic rings. The number of thiophene rings is 1. The molecule has 0 bridgehead atoms. The highest BCUT2D eigenvalue weighted by Crippen LogP contribution is 2.38. The Hall–Kier alpha value is -3.78. The molecule has 0 amide bonds. The summed E-state index contributed by atoms with van der Waals surface area (Å²) in [5.41, 5.74) is 3.33. The van der Waals surface area contributed by atoms with Gasteiger partial charge < -0.3 is 15.1 Å². The zero-order valence-corrected chi connectivity index (χ0v) is 20.5. The Balaban J connectivity index is 1.30. The highest BCUT2D eigenvalue weighted by atomic mass is 32.1. The van der Waals surface area contributed by atoms with Crippen molar-refractivity contribution >= 4 is 40.3 Å². The van der Waals surface area contributed by atoms with E-state index in [4.69, 9.17) is 9.97 Å². The summed E-state index contributed by atoms with van der Waals surface area (Å²) in [6.45, 7) is 3.04. The Morgan fingerprint density at radius 1 is 0.861 bits per heavy atom. The van der Waals surface area contributed by atoms with Crippen LogP contribution in [0.5, 0.6) is 0 Å². The Bertz CT molecular complexity index is 1350. The van der Waals surface area contributed by atoms with Gasteiger partial charge in [0, 0.05) is 54.8 Å². The van der Waals surface area contributed by atoms with Gasteiger partial charge in [-0.15, -0.1) is 11.3 Å². The molecular formula is C28H26FN5OS. The maximum Gasteiger partial charge on any atom is 0.227 e. The van der Waals surface area contributed by atoms with Gasteiger partial charge in [-0.2, -0.15) is 4.98 Å². The SMILES string of the molecule is O=C1CC(c2cccs2)Cc2nc(N3CCN(c4ccc(F)cc4)CC3)nc(Nc3ccccc3)c21. The van der Waals surface area contributed by atoms with E-state index in [0.717, 1.165) is 49.7 Å². The molecule has 182 valence electrons. The van der Waals surface area contributed by atoms with Crippen LogP contribution in [0.25, 0.3) is 0 Å². The van der Waals surface area contributed by atoms with Gasteiger partial charge in [0.2, 0.25) is 5.95 Å². The van der Waals surface area contributed by atoms with Crippen molar-refractivity contribution in [2.24, 2.45) is 0 Å². The molecule has 4 aromatic rings. The summed E-state index contributed by atoms with van der Waals surface area (Å²) >= 11 is 1.69. The van der Waals surface area contributed by atoms with Crippen molar-refractivity contribution < 1.29 is 9.18 Å². The number of nitrogens with zero attached hydrogens (tertiary/aromatic N) is 4. The van der Waals surface area contributed by atoms with Gasteiger partial charge >= 0.3 is 0 Å². The van der Waals surface area contributed by atoms with E-state index in [1.54, 1.807) is 11.3 Å². The number of carbonyl (C=O) groups is 1. The lowest BCUT2D eigenvalue weighted by Crippen LogP contribution is -2.47. The number of anilines is 4. The van der Waals surface area contributed by atoms with Gasteiger partial charge in [-0.3, -0.25) is 4.79 Å². The van der Waals surface area contributed by atoms with Crippen LogP contribution in [0.4, 0.5) is 27.5 Å². The Labute approximate surface area is 213 Å². The molecule has 3 heterocycles. The number of rotatable bonds is 5. The number of Topliss-reactive ketones (excluding diaryl/α,β-unsaturated/α-hetero) is 1. The van der Waals surface area contributed by atoms with E-state index in [9.17, 15) is 9.18 Å². The molecule has 2 aromatic heterocycles. The summed E-state index contributed by atoms with van der Waals surface area (Å²) in [6, 6.07) is 20.6. The molecular weight excluding hydrogens is 473 g/mol. The van der Waals surface area contributed by atoms with E-state index < -0.39 is 0 Å². The van der Waals surface area contributed by atoms with E-state index in [-0.39, 0.29) is 17.5 Å². The van der Waals surface area contributed by atoms with Crippen LogP contribution in [0.15, 0.2) is 72.1 Å². The molecule has 0 spiro atoms. The number of hydrogen-bond donors (Lipinski definition) is 1. The minimum absolute atomic E-state index is 0.0840. The quantitative estimate of drug-likeness (QED) is 0.382. The normalized spacial score (nSPS) is 17.7. The lowest BCUT2D eigenvalue weighted by molar-refractivity contribution is 0.0964. The van der Waals surface area contributed by atoms with Crippen LogP contribution in [0.3, 0.4) is 0 Å². The van der Waals surface area contributed by atoms with Crippen molar-refractivity contribution in [2.45, 2.75) is 18.8 Å². The number of hydrogen-bond acceptors (Lipinski definition) is 7. The topological polar surface area (TPSA) is 61.4 Å². The molecule has 1 saturated heterocycles. The summed E-state index contributed by atoms with van der Waals surface area (Å²) in [5.74, 6) is 1.23. The zero-order chi connectivity index (χ0) is 24.5. The average Bonchev–Trinajstić information content (AvgIpc) is 3.45. The minimum Gasteiger partial charge on any atom is -0.368 e. The third-order valence-electron chi connectivity index (χ3n) is 6.86. The molecule has 36 heavy (non-hydrogen) atoms. The van der Waals surface area contributed by atoms with Gasteiger partial charge in [-0.25, -0.2) is 9.37 Å². The molecule has 1 fully saturated rings. The molecule has 1 aliphatic heterocycles. The number of carbonyl (C=O) groups excluding carboxylic acids is 1. The summed E-state index contributed by atoms with van der Waals surface area (Å²) in [7, 11) is 0. The Morgan fingerprint density at radius 2 is 1.61 bits per heavy atom. The number of halogens is 1. The van der Waals surface area contributed by atoms with Crippen LogP contribution in [-0.2, 0) is 6.42 Å². The summed E-state index contributed by atoms with van der Waals surface area (Å²) in [4.78, 5) is 28.8. The van der Waals surface area contributed by atoms with Gasteiger partial charge in [0.25, 0.3) is 0 Å². The van der Waals surface area contributed by atoms with Crippen LogP contribution in [0.1, 0.15) is 33.3 Å². The number of piperazine rings is 1. The van der Waals surface area contributed by atoms with Crippen LogP contribution in [-0.4, -0.2) is 41.9 Å². The maximum absolute atomic E-state index is 13.4. The lowest BCUT2D eigenvalue weighted by atomic mass is 9.85. The fourth-order valence-electron chi connectivity index (χ4n) is 5.00. The second-order valence-corrected chi connectivity index (χ2v) is 10.2. The van der Waals surface area contributed by atoms with Crippen LogP contribution in [0, 0.1) is 5.82 Å². The highest BCUT2D eigenvalue weighted by Gasteiger charge is 2.33. The molecule has 6 nitrogen and oxygen atoms in total. The number of fused-ring (bicyclic) bond motifs is 1. The molecule has 6 rings (SSSR count). The average molecular weight is 500 g/mol. The summed E-state index contributed by atoms with van der Waals surface area (Å²) < 4.78 is 13.3. The predicted molar refractivity (Wildman–Crippen MR) is 142 cm³/mol. The predicted octanol–water partition coefficient (Wildman–Crippen LogP) is 5.66. The second kappa shape index (κ2) is 9.70. The van der Waals surface area contributed by atoms with Gasteiger partial charge in [-0.1, -0.05) is 24.3 Å². The van der Waals surface area contributed by atoms with Gasteiger partial charge in [0.15, 0.2) is 5.78 Å². The van der Waals surface area contributed by atoms with E-state index in [2.05, 4.69) is 26.6 Å². The molecule has 1 unspecified atom stereocenters. The maximum atomic E-state index is 13.4. The van der Waals surface area contributed by atoms with Crippen molar-refractivity contribution in [2.75, 3.05) is 41.3 Å². The second-order valence-electron chi connectivity index (χ2n) is 9.18. The van der Waals surface area contributed by atoms with E-state index in [1.165, 1.54) is 17.0 Å². The Kier molecular flexibility index (Phi) is 6.11. The van der Waals surface area contributed by atoms with Crippen LogP contribution in [0.2, 0.25) is 0 Å². The largest absolute Gasteiger partial charge is 0.368 e. The van der Waals surface area contributed by atoms with E-state index in [1.807, 2.05) is 48.5 Å². The van der Waals surface area contributed by atoms with E-state index in [0.29, 0.717) is 23.8 Å². The molecule has 0 saturated carbocycles. The fourth-order valence-corrected chi connectivity index (χ4v) is 5.83. The molecule has 1 atom stereocenters. The molecule has 8 heteroatoms. The number of para-hydroxylation sites is 1. The first-order valence-electron chi connectivity index (χ1n) is 12.2. The van der Waals surface area contributed by atoms with Gasteiger partial charge in [0.05, 0.1) is 11.3 Å². The van der Waals surface area contributed by atoms with Crippen molar-refractivity contribution in [3.63, 3.8) is 0 Å². The minimum atomic E-state index is -0.228. The standard InChI is InChI=1S/C28H26FN5OS/c29-20-8-10-22(11-9-20)33-12-14-34(15-13-33)28-31-23-17-19(25-7-4-16-36-25)18-24(35)26(23)27(32-28)30-21-5-2-1-3-6-21/h1-11,16,19H,12-15,17-18H2,(H,30,31,32). The molecule has 1 N–H and O–H groups in total. The van der Waals surface area contributed by atoms with Gasteiger partial charge in [0.1, 0.15) is 11.6 Å². The van der Waals surface area contributed by atoms with Crippen LogP contribution >= 0.6 is 11.3 Å². The first kappa shape index (κ1) is 22.7. The number of aromatic nitrogens is 2. The number of ketones is 1. The third kappa shape index (κ3) is 4.56. The number of benzene rings is 2. The smallest absolute Gasteiger partial charge is 0.227 e. The summed E-state index contributed by atoms with van der Waals surface area (Å²) in [5, 5.41) is 5.45. The van der Waals surface area contributed by atoms with E-state index >= 15 is 0 Å². The first-order valence-corrected chi connectivity index (χ1v) is 13.1. The first-order chi connectivity index (χ1) is 17.6. The molecule has 2 aromatic carbocycles. The molecule has 1 aliphatic carbocycles. The van der Waals surface area contributed by atoms with Crippen molar-refractivity contribution in [1.82, 2.24) is 9.97 Å².